The molecule has 1 fully saturated rings. The predicted molar refractivity (Wildman–Crippen MR) is 80.1 cm³/mol. The summed E-state index contributed by atoms with van der Waals surface area (Å²) < 4.78 is 6.88. The molecule has 0 spiro atoms. The predicted octanol–water partition coefficient (Wildman–Crippen LogP) is 0.0437. The number of carboxylic acid groups (broad SMARTS) is 1. The van der Waals surface area contributed by atoms with Crippen LogP contribution < -0.4 is 10.2 Å². The van der Waals surface area contributed by atoms with Crippen molar-refractivity contribution < 1.29 is 14.6 Å². The molecular formula is C14H15N5O3. The Balaban J connectivity index is 2.04. The molecule has 0 atom stereocenters. The van der Waals surface area contributed by atoms with E-state index in [-0.39, 0.29) is 6.54 Å². The summed E-state index contributed by atoms with van der Waals surface area (Å²) in [5.74, 6) is 2.28. The fourth-order valence-corrected chi connectivity index (χ4v) is 2.30. The molecule has 114 valence electrons. The topological polar surface area (TPSA) is 92.0 Å². The minimum absolute atomic E-state index is 0.208. The van der Waals surface area contributed by atoms with Crippen LogP contribution in [0.5, 0.6) is 0 Å². The summed E-state index contributed by atoms with van der Waals surface area (Å²) in [5, 5.41) is 16.2. The van der Waals surface area contributed by atoms with Crippen LogP contribution in [-0.2, 0) is 9.53 Å². The third kappa shape index (κ3) is 2.66. The lowest BCUT2D eigenvalue weighted by Crippen LogP contribution is -2.37. The zero-order valence-electron chi connectivity index (χ0n) is 11.8. The van der Waals surface area contributed by atoms with Crippen LogP contribution in [0, 0.1) is 12.3 Å². The number of nitrogens with one attached hydrogen (secondary N) is 1. The Morgan fingerprint density at radius 1 is 1.50 bits per heavy atom. The van der Waals surface area contributed by atoms with Crippen LogP contribution in [0.15, 0.2) is 12.3 Å². The molecule has 8 heteroatoms. The van der Waals surface area contributed by atoms with Crippen LogP contribution in [0.25, 0.3) is 5.65 Å². The summed E-state index contributed by atoms with van der Waals surface area (Å²) in [6, 6.07) is 1.79. The average Bonchev–Trinajstić information content (AvgIpc) is 2.96. The van der Waals surface area contributed by atoms with Gasteiger partial charge in [0.2, 0.25) is 0 Å². The van der Waals surface area contributed by atoms with Crippen LogP contribution in [-0.4, -0.2) is 58.5 Å². The first kappa shape index (κ1) is 14.2. The second kappa shape index (κ2) is 5.91. The summed E-state index contributed by atoms with van der Waals surface area (Å²) >= 11 is 0. The van der Waals surface area contributed by atoms with Crippen LogP contribution >= 0.6 is 0 Å². The van der Waals surface area contributed by atoms with Gasteiger partial charge in [0.15, 0.2) is 11.5 Å². The van der Waals surface area contributed by atoms with Crippen molar-refractivity contribution in [3.8, 4) is 12.3 Å². The number of hydrogen-bond donors (Lipinski definition) is 2. The maximum atomic E-state index is 10.8. The molecule has 22 heavy (non-hydrogen) atoms. The Bertz CT molecular complexity index is 743. The highest BCUT2D eigenvalue weighted by Gasteiger charge is 2.17. The van der Waals surface area contributed by atoms with Gasteiger partial charge in [0.05, 0.1) is 25.1 Å². The van der Waals surface area contributed by atoms with Crippen LogP contribution in [0.3, 0.4) is 0 Å². The summed E-state index contributed by atoms with van der Waals surface area (Å²) in [4.78, 5) is 17.1. The first-order chi connectivity index (χ1) is 10.7. The highest BCUT2D eigenvalue weighted by Crippen LogP contribution is 2.23. The lowest BCUT2D eigenvalue weighted by molar-refractivity contribution is -0.134. The largest absolute Gasteiger partial charge is 0.480 e. The van der Waals surface area contributed by atoms with Gasteiger partial charge in [-0.25, -0.2) is 9.50 Å². The average molecular weight is 301 g/mol. The van der Waals surface area contributed by atoms with Crippen molar-refractivity contribution in [1.29, 1.82) is 0 Å². The van der Waals surface area contributed by atoms with Gasteiger partial charge in [-0.15, -0.1) is 11.5 Å². The van der Waals surface area contributed by atoms with Crippen molar-refractivity contribution in [2.75, 3.05) is 43.1 Å². The van der Waals surface area contributed by atoms with Crippen LogP contribution in [0.4, 0.5) is 11.5 Å². The monoisotopic (exact) mass is 301 g/mol. The van der Waals surface area contributed by atoms with Gasteiger partial charge in [-0.3, -0.25) is 4.79 Å². The van der Waals surface area contributed by atoms with Crippen molar-refractivity contribution in [2.24, 2.45) is 0 Å². The lowest BCUT2D eigenvalue weighted by Gasteiger charge is -2.28. The van der Waals surface area contributed by atoms with E-state index in [0.717, 1.165) is 13.1 Å². The van der Waals surface area contributed by atoms with Gasteiger partial charge in [0, 0.05) is 19.2 Å². The SMILES string of the molecule is C#Cc1cnc2c(NCC(=O)O)cc(N3CCOCC3)nn12. The van der Waals surface area contributed by atoms with Gasteiger partial charge >= 0.3 is 5.97 Å². The molecule has 1 saturated heterocycles. The number of rotatable bonds is 4. The Hall–Kier alpha value is -2.79. The van der Waals surface area contributed by atoms with Gasteiger partial charge in [0.25, 0.3) is 0 Å². The van der Waals surface area contributed by atoms with Crippen LogP contribution in [0.2, 0.25) is 0 Å². The van der Waals surface area contributed by atoms with Gasteiger partial charge in [-0.05, 0) is 5.92 Å². The summed E-state index contributed by atoms with van der Waals surface area (Å²) in [5.41, 5.74) is 1.61. The minimum atomic E-state index is -0.952. The van der Waals surface area contributed by atoms with E-state index in [4.69, 9.17) is 16.3 Å². The molecule has 0 aliphatic carbocycles. The maximum absolute atomic E-state index is 10.8. The van der Waals surface area contributed by atoms with E-state index < -0.39 is 5.97 Å². The summed E-state index contributed by atoms with van der Waals surface area (Å²) in [6.45, 7) is 2.49. The van der Waals surface area contributed by atoms with E-state index in [1.807, 2.05) is 0 Å². The molecule has 0 unspecified atom stereocenters. The van der Waals surface area contributed by atoms with Crippen LogP contribution in [0.1, 0.15) is 5.69 Å². The van der Waals surface area contributed by atoms with E-state index in [0.29, 0.717) is 36.1 Å². The number of imidazole rings is 1. The molecule has 2 N–H and O–H groups in total. The molecule has 2 aromatic rings. The van der Waals surface area contributed by atoms with E-state index in [9.17, 15) is 4.79 Å². The smallest absolute Gasteiger partial charge is 0.322 e. The number of carboxylic acids is 1. The Kier molecular flexibility index (Phi) is 3.80. The number of aliphatic carboxylic acids is 1. The number of anilines is 2. The van der Waals surface area contributed by atoms with Gasteiger partial charge < -0.3 is 20.1 Å². The molecule has 3 rings (SSSR count). The van der Waals surface area contributed by atoms with Crippen molar-refractivity contribution >= 4 is 23.1 Å². The number of hydrogen-bond acceptors (Lipinski definition) is 6. The van der Waals surface area contributed by atoms with E-state index >= 15 is 0 Å². The minimum Gasteiger partial charge on any atom is -0.480 e. The van der Waals surface area contributed by atoms with E-state index in [1.54, 1.807) is 10.6 Å². The molecule has 0 radical (unpaired) electrons. The molecule has 0 amide bonds. The number of ether oxygens (including phenoxy) is 1. The van der Waals surface area contributed by atoms with Gasteiger partial charge in [0.1, 0.15) is 12.2 Å². The number of terminal acetylenes is 1. The summed E-state index contributed by atoms with van der Waals surface area (Å²) in [7, 11) is 0. The first-order valence-corrected chi connectivity index (χ1v) is 6.83. The second-order valence-corrected chi connectivity index (χ2v) is 4.79. The third-order valence-corrected chi connectivity index (χ3v) is 3.37. The first-order valence-electron chi connectivity index (χ1n) is 6.83. The molecule has 0 aromatic carbocycles. The maximum Gasteiger partial charge on any atom is 0.322 e. The van der Waals surface area contributed by atoms with Crippen molar-refractivity contribution in [3.63, 3.8) is 0 Å². The molecule has 2 aromatic heterocycles. The zero-order chi connectivity index (χ0) is 15.5. The number of fused-ring (bicyclic) bond motifs is 1. The standard InChI is InChI=1S/C14H15N5O3/c1-2-10-8-16-14-11(15-9-13(20)21)7-12(17-19(10)14)18-3-5-22-6-4-18/h1,7-8,15H,3-6,9H2,(H,20,21). The van der Waals surface area contributed by atoms with Gasteiger partial charge in [-0.1, -0.05) is 0 Å². The number of carbonyl (C=O) groups is 1. The number of morpholine rings is 1. The van der Waals surface area contributed by atoms with Crippen molar-refractivity contribution in [3.05, 3.63) is 18.0 Å². The fourth-order valence-electron chi connectivity index (χ4n) is 2.30. The zero-order valence-corrected chi connectivity index (χ0v) is 11.8. The Morgan fingerprint density at radius 2 is 2.27 bits per heavy atom. The normalized spacial score (nSPS) is 14.8. The second-order valence-electron chi connectivity index (χ2n) is 4.79. The Morgan fingerprint density at radius 3 is 2.95 bits per heavy atom. The molecule has 8 nitrogen and oxygen atoms in total. The molecular weight excluding hydrogens is 286 g/mol. The summed E-state index contributed by atoms with van der Waals surface area (Å²) in [6.07, 6.45) is 7.00. The van der Waals surface area contributed by atoms with Crippen molar-refractivity contribution in [2.45, 2.75) is 0 Å². The third-order valence-electron chi connectivity index (χ3n) is 3.37. The molecule has 3 heterocycles. The quantitative estimate of drug-likeness (QED) is 0.770. The fraction of sp³-hybridized carbons (Fsp3) is 0.357. The lowest BCUT2D eigenvalue weighted by atomic mass is 10.3. The van der Waals surface area contributed by atoms with E-state index in [2.05, 4.69) is 26.2 Å². The molecule has 0 bridgehead atoms. The molecule has 0 saturated carbocycles. The number of aromatic nitrogens is 3. The highest BCUT2D eigenvalue weighted by atomic mass is 16.5. The molecule has 1 aliphatic rings. The highest BCUT2D eigenvalue weighted by molar-refractivity contribution is 5.78. The number of nitrogens with zero attached hydrogens (tertiary/aromatic N) is 4. The molecule has 1 aliphatic heterocycles. The van der Waals surface area contributed by atoms with Crippen molar-refractivity contribution in [1.82, 2.24) is 14.6 Å². The van der Waals surface area contributed by atoms with Gasteiger partial charge in [-0.2, -0.15) is 0 Å². The Labute approximate surface area is 126 Å². The van der Waals surface area contributed by atoms with E-state index in [1.165, 1.54) is 6.20 Å².